The summed E-state index contributed by atoms with van der Waals surface area (Å²) in [7, 11) is 0. The lowest BCUT2D eigenvalue weighted by Gasteiger charge is -2.22. The number of nitro benzene ring substituents is 1. The number of rotatable bonds is 6. The summed E-state index contributed by atoms with van der Waals surface area (Å²) in [6.07, 6.45) is 3.88. The highest BCUT2D eigenvalue weighted by atomic mass is 16.6. The first-order valence-electron chi connectivity index (χ1n) is 8.41. The van der Waals surface area contributed by atoms with Gasteiger partial charge in [0.15, 0.2) is 5.69 Å². The van der Waals surface area contributed by atoms with E-state index in [0.29, 0.717) is 24.0 Å². The number of amides is 1. The van der Waals surface area contributed by atoms with Gasteiger partial charge in [-0.3, -0.25) is 19.8 Å². The third kappa shape index (κ3) is 3.85. The van der Waals surface area contributed by atoms with Crippen molar-refractivity contribution >= 4 is 11.6 Å². The molecule has 1 aromatic heterocycles. The van der Waals surface area contributed by atoms with Gasteiger partial charge < -0.3 is 5.32 Å². The van der Waals surface area contributed by atoms with E-state index in [1.165, 1.54) is 16.8 Å². The Balaban J connectivity index is 1.65. The molecule has 1 aromatic carbocycles. The maximum atomic E-state index is 12.3. The predicted molar refractivity (Wildman–Crippen MR) is 92.8 cm³/mol. The standard InChI is InChI=1S/C17H21N5O3/c1-2-20-9-4-7-15(20)12-18-17(23)16-8-10-21(19-16)13-5-3-6-14(11-13)22(24)25/h3,5-6,8,10-11,15H,2,4,7,9,12H2,1H3,(H,18,23). The van der Waals surface area contributed by atoms with E-state index in [9.17, 15) is 14.9 Å². The molecule has 3 rings (SSSR count). The highest BCUT2D eigenvalue weighted by Crippen LogP contribution is 2.17. The number of aromatic nitrogens is 2. The number of hydrogen-bond donors (Lipinski definition) is 1. The van der Waals surface area contributed by atoms with Crippen LogP contribution in [0.4, 0.5) is 5.69 Å². The van der Waals surface area contributed by atoms with Crippen molar-refractivity contribution in [2.75, 3.05) is 19.6 Å². The van der Waals surface area contributed by atoms with Crippen LogP contribution in [0.3, 0.4) is 0 Å². The first-order chi connectivity index (χ1) is 12.1. The van der Waals surface area contributed by atoms with Crippen LogP contribution in [0.25, 0.3) is 5.69 Å². The second-order valence-corrected chi connectivity index (χ2v) is 6.06. The number of carbonyl (C=O) groups is 1. The highest BCUT2D eigenvalue weighted by Gasteiger charge is 2.23. The van der Waals surface area contributed by atoms with Crippen LogP contribution in [0.5, 0.6) is 0 Å². The summed E-state index contributed by atoms with van der Waals surface area (Å²) in [6, 6.07) is 8.13. The molecule has 132 valence electrons. The molecule has 0 aliphatic carbocycles. The van der Waals surface area contributed by atoms with Crippen molar-refractivity contribution in [2.24, 2.45) is 0 Å². The summed E-state index contributed by atoms with van der Waals surface area (Å²) in [6.45, 7) is 4.80. The summed E-state index contributed by atoms with van der Waals surface area (Å²) < 4.78 is 1.47. The van der Waals surface area contributed by atoms with Crippen LogP contribution in [0.1, 0.15) is 30.3 Å². The molecule has 1 aliphatic heterocycles. The SMILES string of the molecule is CCN1CCCC1CNC(=O)c1ccn(-c2cccc([N+](=O)[O-])c2)n1. The van der Waals surface area contributed by atoms with Crippen molar-refractivity contribution in [1.82, 2.24) is 20.0 Å². The number of nitrogens with one attached hydrogen (secondary N) is 1. The van der Waals surface area contributed by atoms with Crippen molar-refractivity contribution in [3.05, 3.63) is 52.3 Å². The number of hydrogen-bond acceptors (Lipinski definition) is 5. The van der Waals surface area contributed by atoms with E-state index in [4.69, 9.17) is 0 Å². The lowest BCUT2D eigenvalue weighted by atomic mass is 10.2. The molecular weight excluding hydrogens is 322 g/mol. The summed E-state index contributed by atoms with van der Waals surface area (Å²) in [5.74, 6) is -0.230. The van der Waals surface area contributed by atoms with Gasteiger partial charge in [0.1, 0.15) is 0 Å². The van der Waals surface area contributed by atoms with Gasteiger partial charge in [-0.15, -0.1) is 0 Å². The van der Waals surface area contributed by atoms with E-state index in [1.54, 1.807) is 24.4 Å². The number of benzene rings is 1. The van der Waals surface area contributed by atoms with Gasteiger partial charge in [-0.25, -0.2) is 4.68 Å². The number of likely N-dealkylation sites (N-methyl/N-ethyl adjacent to an activating group) is 1. The maximum absolute atomic E-state index is 12.3. The van der Waals surface area contributed by atoms with Crippen molar-refractivity contribution < 1.29 is 9.72 Å². The van der Waals surface area contributed by atoms with Gasteiger partial charge in [0.25, 0.3) is 11.6 Å². The Bertz CT molecular complexity index is 773. The highest BCUT2D eigenvalue weighted by molar-refractivity contribution is 5.92. The Labute approximate surface area is 145 Å². The van der Waals surface area contributed by atoms with E-state index < -0.39 is 4.92 Å². The molecule has 1 saturated heterocycles. The van der Waals surface area contributed by atoms with Crippen LogP contribution in [0, 0.1) is 10.1 Å². The minimum absolute atomic E-state index is 0.0140. The average Bonchev–Trinajstić information content (AvgIpc) is 3.29. The van der Waals surface area contributed by atoms with Gasteiger partial charge in [-0.05, 0) is 38.1 Å². The average molecular weight is 343 g/mol. The summed E-state index contributed by atoms with van der Waals surface area (Å²) in [4.78, 5) is 25.1. The van der Waals surface area contributed by atoms with Gasteiger partial charge in [0.05, 0.1) is 10.6 Å². The molecule has 1 unspecified atom stereocenters. The number of carbonyl (C=O) groups excluding carboxylic acids is 1. The van der Waals surface area contributed by atoms with Crippen molar-refractivity contribution in [2.45, 2.75) is 25.8 Å². The second kappa shape index (κ2) is 7.43. The normalized spacial score (nSPS) is 17.6. The Morgan fingerprint density at radius 2 is 2.28 bits per heavy atom. The van der Waals surface area contributed by atoms with E-state index in [-0.39, 0.29) is 11.6 Å². The molecule has 1 fully saturated rings. The van der Waals surface area contributed by atoms with Crippen LogP contribution in [0.2, 0.25) is 0 Å². The first-order valence-corrected chi connectivity index (χ1v) is 8.41. The van der Waals surface area contributed by atoms with E-state index >= 15 is 0 Å². The second-order valence-electron chi connectivity index (χ2n) is 6.06. The third-order valence-electron chi connectivity index (χ3n) is 4.53. The number of likely N-dealkylation sites (tertiary alicyclic amines) is 1. The van der Waals surface area contributed by atoms with Gasteiger partial charge in [0.2, 0.25) is 0 Å². The smallest absolute Gasteiger partial charge is 0.271 e. The van der Waals surface area contributed by atoms with Crippen LogP contribution < -0.4 is 5.32 Å². The third-order valence-corrected chi connectivity index (χ3v) is 4.53. The zero-order chi connectivity index (χ0) is 17.8. The Kier molecular flexibility index (Phi) is 5.08. The fourth-order valence-corrected chi connectivity index (χ4v) is 3.18. The zero-order valence-corrected chi connectivity index (χ0v) is 14.1. The molecule has 2 heterocycles. The zero-order valence-electron chi connectivity index (χ0n) is 14.1. The van der Waals surface area contributed by atoms with E-state index in [2.05, 4.69) is 22.2 Å². The topological polar surface area (TPSA) is 93.3 Å². The molecule has 0 spiro atoms. The van der Waals surface area contributed by atoms with Crippen LogP contribution in [-0.4, -0.2) is 51.2 Å². The molecular formula is C17H21N5O3. The largest absolute Gasteiger partial charge is 0.349 e. The van der Waals surface area contributed by atoms with Gasteiger partial charge in [0, 0.05) is 30.9 Å². The minimum atomic E-state index is -0.457. The van der Waals surface area contributed by atoms with Crippen LogP contribution >= 0.6 is 0 Å². The molecule has 0 saturated carbocycles. The molecule has 0 bridgehead atoms. The van der Waals surface area contributed by atoms with Gasteiger partial charge in [-0.2, -0.15) is 5.10 Å². The molecule has 1 amide bonds. The molecule has 8 nitrogen and oxygen atoms in total. The summed E-state index contributed by atoms with van der Waals surface area (Å²) in [5, 5.41) is 18.0. The van der Waals surface area contributed by atoms with Crippen molar-refractivity contribution in [3.8, 4) is 5.69 Å². The monoisotopic (exact) mass is 343 g/mol. The van der Waals surface area contributed by atoms with Gasteiger partial charge in [-0.1, -0.05) is 13.0 Å². The molecule has 25 heavy (non-hydrogen) atoms. The predicted octanol–water partition coefficient (Wildman–Crippen LogP) is 1.99. The fourth-order valence-electron chi connectivity index (χ4n) is 3.18. The lowest BCUT2D eigenvalue weighted by molar-refractivity contribution is -0.384. The molecule has 0 radical (unpaired) electrons. The maximum Gasteiger partial charge on any atom is 0.271 e. The Hall–Kier alpha value is -2.74. The Morgan fingerprint density at radius 1 is 1.44 bits per heavy atom. The molecule has 1 atom stereocenters. The number of nitrogens with zero attached hydrogens (tertiary/aromatic N) is 4. The van der Waals surface area contributed by atoms with Crippen molar-refractivity contribution in [1.29, 1.82) is 0 Å². The van der Waals surface area contributed by atoms with E-state index in [1.807, 2.05) is 0 Å². The van der Waals surface area contributed by atoms with E-state index in [0.717, 1.165) is 25.9 Å². The molecule has 1 aliphatic rings. The van der Waals surface area contributed by atoms with Crippen LogP contribution in [0.15, 0.2) is 36.5 Å². The van der Waals surface area contributed by atoms with Gasteiger partial charge >= 0.3 is 0 Å². The Morgan fingerprint density at radius 3 is 3.04 bits per heavy atom. The summed E-state index contributed by atoms with van der Waals surface area (Å²) in [5.41, 5.74) is 0.827. The lowest BCUT2D eigenvalue weighted by Crippen LogP contribution is -2.40. The molecule has 1 N–H and O–H groups in total. The quantitative estimate of drug-likeness (QED) is 0.639. The summed E-state index contributed by atoms with van der Waals surface area (Å²) >= 11 is 0. The van der Waals surface area contributed by atoms with Crippen LogP contribution in [-0.2, 0) is 0 Å². The minimum Gasteiger partial charge on any atom is -0.349 e. The fraction of sp³-hybridized carbons (Fsp3) is 0.412. The first kappa shape index (κ1) is 17.1. The van der Waals surface area contributed by atoms with Crippen molar-refractivity contribution in [3.63, 3.8) is 0 Å². The number of nitro groups is 1. The number of non-ortho nitro benzene ring substituents is 1. The molecule has 8 heteroatoms. The molecule has 2 aromatic rings.